The molecule has 17 heavy (non-hydrogen) atoms. The molecule has 0 fully saturated rings. The Bertz CT molecular complexity index is 396. The summed E-state index contributed by atoms with van der Waals surface area (Å²) in [6.07, 6.45) is 0.947. The van der Waals surface area contributed by atoms with Crippen molar-refractivity contribution in [2.45, 2.75) is 31.6 Å². The van der Waals surface area contributed by atoms with Crippen LogP contribution in [0.25, 0.3) is 0 Å². The van der Waals surface area contributed by atoms with Gasteiger partial charge in [0, 0.05) is 10.6 Å². The molecule has 1 aromatic rings. The Labute approximate surface area is 104 Å². The first kappa shape index (κ1) is 13.9. The van der Waals surface area contributed by atoms with E-state index in [1.165, 1.54) is 0 Å². The molecule has 0 spiro atoms. The van der Waals surface area contributed by atoms with Crippen LogP contribution in [0.4, 0.5) is 0 Å². The van der Waals surface area contributed by atoms with Crippen LogP contribution < -0.4 is 0 Å². The van der Waals surface area contributed by atoms with E-state index in [2.05, 4.69) is 13.8 Å². The van der Waals surface area contributed by atoms with Crippen LogP contribution in [0.2, 0.25) is 0 Å². The number of carboxylic acid groups (broad SMARTS) is 1. The molecule has 94 valence electrons. The number of carboxylic acids is 1. The first-order valence-corrected chi connectivity index (χ1v) is 7.00. The van der Waals surface area contributed by atoms with Crippen LogP contribution in [0.5, 0.6) is 0 Å². The highest BCUT2D eigenvalue weighted by Crippen LogP contribution is 2.12. The zero-order chi connectivity index (χ0) is 12.8. The number of hydrogen-bond donors (Lipinski definition) is 1. The van der Waals surface area contributed by atoms with E-state index in [4.69, 9.17) is 5.11 Å². The van der Waals surface area contributed by atoms with Gasteiger partial charge in [0.1, 0.15) is 0 Å². The van der Waals surface area contributed by atoms with Crippen LogP contribution in [-0.4, -0.2) is 21.0 Å². The predicted octanol–water partition coefficient (Wildman–Crippen LogP) is 2.47. The fourth-order valence-electron chi connectivity index (χ4n) is 1.39. The summed E-state index contributed by atoms with van der Waals surface area (Å²) in [7, 11) is -0.972. The second-order valence-corrected chi connectivity index (χ2v) is 6.02. The Kier molecular flexibility index (Phi) is 5.35. The van der Waals surface area contributed by atoms with Gasteiger partial charge >= 0.3 is 5.97 Å². The lowest BCUT2D eigenvalue weighted by atomic mass is 10.2. The van der Waals surface area contributed by atoms with Crippen LogP contribution >= 0.6 is 0 Å². The van der Waals surface area contributed by atoms with Crippen molar-refractivity contribution in [3.8, 4) is 0 Å². The van der Waals surface area contributed by atoms with E-state index in [0.717, 1.165) is 16.9 Å². The number of aliphatic carboxylic acids is 1. The summed E-state index contributed by atoms with van der Waals surface area (Å²) in [6.45, 7) is 4.21. The summed E-state index contributed by atoms with van der Waals surface area (Å²) >= 11 is 0. The van der Waals surface area contributed by atoms with E-state index in [9.17, 15) is 9.00 Å². The third-order valence-electron chi connectivity index (χ3n) is 2.42. The third-order valence-corrected chi connectivity index (χ3v) is 3.83. The van der Waals surface area contributed by atoms with Crippen molar-refractivity contribution >= 4 is 16.8 Å². The molecule has 0 radical (unpaired) electrons. The van der Waals surface area contributed by atoms with Crippen molar-refractivity contribution in [3.63, 3.8) is 0 Å². The summed E-state index contributed by atoms with van der Waals surface area (Å²) < 4.78 is 11.9. The van der Waals surface area contributed by atoms with Gasteiger partial charge in [0.05, 0.1) is 17.2 Å². The van der Waals surface area contributed by atoms with E-state index in [-0.39, 0.29) is 6.42 Å². The van der Waals surface area contributed by atoms with Crippen LogP contribution in [0.3, 0.4) is 0 Å². The molecule has 0 aliphatic rings. The Hall–Kier alpha value is -1.16. The highest BCUT2D eigenvalue weighted by molar-refractivity contribution is 7.85. The molecule has 0 saturated carbocycles. The molecule has 0 amide bonds. The minimum absolute atomic E-state index is 0.0128. The Morgan fingerprint density at radius 3 is 2.35 bits per heavy atom. The largest absolute Gasteiger partial charge is 0.481 e. The van der Waals surface area contributed by atoms with Crippen molar-refractivity contribution in [2.24, 2.45) is 5.92 Å². The SMILES string of the molecule is CC(C)CCS(=O)c1ccc(CC(=O)O)cc1. The van der Waals surface area contributed by atoms with Crippen molar-refractivity contribution in [3.05, 3.63) is 29.8 Å². The quantitative estimate of drug-likeness (QED) is 0.848. The lowest BCUT2D eigenvalue weighted by molar-refractivity contribution is -0.136. The maximum Gasteiger partial charge on any atom is 0.307 e. The van der Waals surface area contributed by atoms with Gasteiger partial charge in [-0.3, -0.25) is 9.00 Å². The summed E-state index contributed by atoms with van der Waals surface area (Å²) in [5.41, 5.74) is 0.738. The molecule has 1 atom stereocenters. The van der Waals surface area contributed by atoms with Gasteiger partial charge in [0.25, 0.3) is 0 Å². The average Bonchev–Trinajstić information content (AvgIpc) is 2.26. The molecule has 1 N–H and O–H groups in total. The smallest absolute Gasteiger partial charge is 0.307 e. The van der Waals surface area contributed by atoms with Gasteiger partial charge in [-0.15, -0.1) is 0 Å². The first-order chi connectivity index (χ1) is 7.99. The fourth-order valence-corrected chi connectivity index (χ4v) is 2.76. The summed E-state index contributed by atoms with van der Waals surface area (Å²) in [5, 5.41) is 8.63. The van der Waals surface area contributed by atoms with Crippen LogP contribution in [0, 0.1) is 5.92 Å². The second-order valence-electron chi connectivity index (χ2n) is 4.45. The molecule has 0 bridgehead atoms. The highest BCUT2D eigenvalue weighted by atomic mass is 32.2. The molecule has 1 aromatic carbocycles. The number of carbonyl (C=O) groups is 1. The van der Waals surface area contributed by atoms with E-state index in [0.29, 0.717) is 11.7 Å². The second kappa shape index (κ2) is 6.55. The van der Waals surface area contributed by atoms with Gasteiger partial charge in [-0.05, 0) is 30.0 Å². The van der Waals surface area contributed by atoms with Gasteiger partial charge in [-0.2, -0.15) is 0 Å². The summed E-state index contributed by atoms with van der Waals surface area (Å²) in [6, 6.07) is 6.98. The fraction of sp³-hybridized carbons (Fsp3) is 0.462. The van der Waals surface area contributed by atoms with E-state index in [1.54, 1.807) is 24.3 Å². The van der Waals surface area contributed by atoms with Crippen molar-refractivity contribution < 1.29 is 14.1 Å². The average molecular weight is 254 g/mol. The van der Waals surface area contributed by atoms with Gasteiger partial charge < -0.3 is 5.11 Å². The molecule has 4 heteroatoms. The highest BCUT2D eigenvalue weighted by Gasteiger charge is 2.06. The molecule has 0 aliphatic carbocycles. The predicted molar refractivity (Wildman–Crippen MR) is 68.5 cm³/mol. The zero-order valence-electron chi connectivity index (χ0n) is 10.2. The number of benzene rings is 1. The molecule has 0 aliphatic heterocycles. The van der Waals surface area contributed by atoms with Crippen molar-refractivity contribution in [2.75, 3.05) is 5.75 Å². The van der Waals surface area contributed by atoms with Crippen LogP contribution in [0.1, 0.15) is 25.8 Å². The van der Waals surface area contributed by atoms with Crippen LogP contribution in [-0.2, 0) is 22.0 Å². The van der Waals surface area contributed by atoms with Crippen LogP contribution in [0.15, 0.2) is 29.2 Å². The molecule has 1 unspecified atom stereocenters. The maximum atomic E-state index is 11.9. The Morgan fingerprint density at radius 2 is 1.88 bits per heavy atom. The van der Waals surface area contributed by atoms with Gasteiger partial charge in [0.15, 0.2) is 0 Å². The van der Waals surface area contributed by atoms with Gasteiger partial charge in [-0.25, -0.2) is 0 Å². The lowest BCUT2D eigenvalue weighted by Crippen LogP contribution is -2.03. The molecule has 1 rings (SSSR count). The molecule has 0 saturated heterocycles. The molecular formula is C13H18O3S. The van der Waals surface area contributed by atoms with Crippen molar-refractivity contribution in [1.29, 1.82) is 0 Å². The topological polar surface area (TPSA) is 54.4 Å². The summed E-state index contributed by atoms with van der Waals surface area (Å²) in [5.74, 6) is 0.361. The van der Waals surface area contributed by atoms with E-state index in [1.807, 2.05) is 0 Å². The molecule has 0 aromatic heterocycles. The first-order valence-electron chi connectivity index (χ1n) is 5.68. The maximum absolute atomic E-state index is 11.9. The number of rotatable bonds is 6. The molecule has 0 heterocycles. The van der Waals surface area contributed by atoms with E-state index < -0.39 is 16.8 Å². The molecule has 3 nitrogen and oxygen atoms in total. The normalized spacial score (nSPS) is 12.6. The minimum atomic E-state index is -0.972. The molecular weight excluding hydrogens is 236 g/mol. The van der Waals surface area contributed by atoms with Crippen molar-refractivity contribution in [1.82, 2.24) is 0 Å². The Morgan fingerprint density at radius 1 is 1.29 bits per heavy atom. The number of hydrogen-bond acceptors (Lipinski definition) is 2. The standard InChI is InChI=1S/C13H18O3S/c1-10(2)7-8-17(16)12-5-3-11(4-6-12)9-13(14)15/h3-6,10H,7-9H2,1-2H3,(H,14,15). The lowest BCUT2D eigenvalue weighted by Gasteiger charge is -2.05. The Balaban J connectivity index is 2.60. The minimum Gasteiger partial charge on any atom is -0.481 e. The zero-order valence-corrected chi connectivity index (χ0v) is 11.0. The van der Waals surface area contributed by atoms with Gasteiger partial charge in [-0.1, -0.05) is 26.0 Å². The summed E-state index contributed by atoms with van der Waals surface area (Å²) in [4.78, 5) is 11.3. The monoisotopic (exact) mass is 254 g/mol. The van der Waals surface area contributed by atoms with E-state index >= 15 is 0 Å². The van der Waals surface area contributed by atoms with Gasteiger partial charge in [0.2, 0.25) is 0 Å². The third kappa shape index (κ3) is 5.13.